The molecule has 1 amide bonds. The third-order valence-electron chi connectivity index (χ3n) is 5.34. The molecular weight excluding hydrogens is 340 g/mol. The lowest BCUT2D eigenvalue weighted by atomic mass is 9.87. The number of anilines is 1. The van der Waals surface area contributed by atoms with Gasteiger partial charge in [0.2, 0.25) is 0 Å². The second-order valence-electron chi connectivity index (χ2n) is 7.21. The second-order valence-corrected chi connectivity index (χ2v) is 7.21. The molecule has 0 saturated heterocycles. The van der Waals surface area contributed by atoms with Crippen LogP contribution in [0.1, 0.15) is 35.0 Å². The Kier molecular flexibility index (Phi) is 4.52. The van der Waals surface area contributed by atoms with Crippen LogP contribution in [0.3, 0.4) is 0 Å². The minimum absolute atomic E-state index is 0.136. The number of rotatable bonds is 4. The topological polar surface area (TPSA) is 63.3 Å². The minimum Gasteiger partial charge on any atom is -0.493 e. The average molecular weight is 364 g/mol. The van der Waals surface area contributed by atoms with E-state index in [1.807, 2.05) is 18.2 Å². The van der Waals surface area contributed by atoms with E-state index in [0.29, 0.717) is 28.7 Å². The molecule has 5 heteroatoms. The summed E-state index contributed by atoms with van der Waals surface area (Å²) in [6.45, 7) is 2.29. The van der Waals surface area contributed by atoms with Crippen LogP contribution in [0, 0.1) is 5.92 Å². The van der Waals surface area contributed by atoms with E-state index in [0.717, 1.165) is 23.7 Å². The highest BCUT2D eigenvalue weighted by Crippen LogP contribution is 2.33. The molecule has 1 heterocycles. The Bertz CT molecular complexity index is 1010. The standard InChI is InChI=1S/C22H24N2O3/c1-13-4-7-18-16(10-13)17-11-14(5-8-19(17)24-18)22(25)23-15-6-9-20(26-2)21(12-15)27-3/h5-6,8-9,11-13,24H,4,7,10H2,1-3H3,(H,23,25). The zero-order valence-corrected chi connectivity index (χ0v) is 15.9. The number of methoxy groups -OCH3 is 2. The first kappa shape index (κ1) is 17.5. The number of amides is 1. The molecule has 5 nitrogen and oxygen atoms in total. The van der Waals surface area contributed by atoms with Crippen molar-refractivity contribution >= 4 is 22.5 Å². The Hall–Kier alpha value is -2.95. The van der Waals surface area contributed by atoms with Gasteiger partial charge in [-0.3, -0.25) is 4.79 Å². The van der Waals surface area contributed by atoms with Gasteiger partial charge in [-0.15, -0.1) is 0 Å². The third kappa shape index (κ3) is 3.25. The summed E-state index contributed by atoms with van der Waals surface area (Å²) in [5.74, 6) is 1.76. The summed E-state index contributed by atoms with van der Waals surface area (Å²) in [4.78, 5) is 16.3. The van der Waals surface area contributed by atoms with Crippen LogP contribution in [0.5, 0.6) is 11.5 Å². The van der Waals surface area contributed by atoms with Gasteiger partial charge in [-0.05, 0) is 61.1 Å². The molecule has 0 radical (unpaired) electrons. The lowest BCUT2D eigenvalue weighted by Crippen LogP contribution is -2.12. The van der Waals surface area contributed by atoms with Crippen molar-refractivity contribution in [1.82, 2.24) is 4.98 Å². The van der Waals surface area contributed by atoms with Crippen molar-refractivity contribution in [1.29, 1.82) is 0 Å². The van der Waals surface area contributed by atoms with Gasteiger partial charge in [0.15, 0.2) is 11.5 Å². The molecule has 1 aliphatic carbocycles. The first-order chi connectivity index (χ1) is 13.1. The predicted octanol–water partition coefficient (Wildman–Crippen LogP) is 4.56. The van der Waals surface area contributed by atoms with Crippen molar-refractivity contribution in [3.8, 4) is 11.5 Å². The molecular formula is C22H24N2O3. The number of H-pyrrole nitrogens is 1. The van der Waals surface area contributed by atoms with Crippen molar-refractivity contribution in [3.05, 3.63) is 53.2 Å². The summed E-state index contributed by atoms with van der Waals surface area (Å²) >= 11 is 0. The number of hydrogen-bond donors (Lipinski definition) is 2. The molecule has 4 rings (SSSR count). The molecule has 3 aromatic rings. The highest BCUT2D eigenvalue weighted by molar-refractivity contribution is 6.06. The maximum Gasteiger partial charge on any atom is 0.255 e. The molecule has 2 N–H and O–H groups in total. The number of carbonyl (C=O) groups excluding carboxylic acids is 1. The first-order valence-corrected chi connectivity index (χ1v) is 9.26. The van der Waals surface area contributed by atoms with E-state index >= 15 is 0 Å². The quantitative estimate of drug-likeness (QED) is 0.713. The lowest BCUT2D eigenvalue weighted by molar-refractivity contribution is 0.102. The summed E-state index contributed by atoms with van der Waals surface area (Å²) in [5, 5.41) is 4.11. The van der Waals surface area contributed by atoms with E-state index in [-0.39, 0.29) is 5.91 Å². The monoisotopic (exact) mass is 364 g/mol. The molecule has 2 aromatic carbocycles. The van der Waals surface area contributed by atoms with Gasteiger partial charge in [0.05, 0.1) is 14.2 Å². The molecule has 0 aliphatic heterocycles. The zero-order valence-electron chi connectivity index (χ0n) is 15.9. The van der Waals surface area contributed by atoms with Crippen molar-refractivity contribution in [2.75, 3.05) is 19.5 Å². The average Bonchev–Trinajstić information content (AvgIpc) is 3.04. The van der Waals surface area contributed by atoms with Crippen LogP contribution in [-0.2, 0) is 12.8 Å². The van der Waals surface area contributed by atoms with Crippen LogP contribution < -0.4 is 14.8 Å². The van der Waals surface area contributed by atoms with Gasteiger partial charge in [0.25, 0.3) is 5.91 Å². The maximum atomic E-state index is 12.8. The fourth-order valence-electron chi connectivity index (χ4n) is 3.85. The summed E-state index contributed by atoms with van der Waals surface area (Å²) in [6, 6.07) is 11.2. The summed E-state index contributed by atoms with van der Waals surface area (Å²) in [7, 11) is 3.16. The molecule has 1 unspecified atom stereocenters. The van der Waals surface area contributed by atoms with Gasteiger partial charge in [0.1, 0.15) is 0 Å². The number of hydrogen-bond acceptors (Lipinski definition) is 3. The summed E-state index contributed by atoms with van der Waals surface area (Å²) in [6.07, 6.45) is 3.36. The number of benzene rings is 2. The smallest absolute Gasteiger partial charge is 0.255 e. The number of carbonyl (C=O) groups is 1. The van der Waals surface area contributed by atoms with Gasteiger partial charge >= 0.3 is 0 Å². The predicted molar refractivity (Wildman–Crippen MR) is 107 cm³/mol. The van der Waals surface area contributed by atoms with E-state index in [1.165, 1.54) is 17.7 Å². The number of ether oxygens (including phenoxy) is 2. The number of aromatic amines is 1. The van der Waals surface area contributed by atoms with E-state index in [9.17, 15) is 4.79 Å². The van der Waals surface area contributed by atoms with Crippen LogP contribution in [-0.4, -0.2) is 25.1 Å². The lowest BCUT2D eigenvalue weighted by Gasteiger charge is -2.18. The minimum atomic E-state index is -0.136. The molecule has 0 bridgehead atoms. The van der Waals surface area contributed by atoms with Crippen LogP contribution in [0.25, 0.3) is 10.9 Å². The van der Waals surface area contributed by atoms with Gasteiger partial charge < -0.3 is 19.8 Å². The van der Waals surface area contributed by atoms with Crippen LogP contribution >= 0.6 is 0 Å². The Morgan fingerprint density at radius 1 is 1.11 bits per heavy atom. The van der Waals surface area contributed by atoms with Crippen LogP contribution in [0.15, 0.2) is 36.4 Å². The van der Waals surface area contributed by atoms with Gasteiger partial charge in [-0.1, -0.05) is 6.92 Å². The van der Waals surface area contributed by atoms with Crippen molar-refractivity contribution < 1.29 is 14.3 Å². The van der Waals surface area contributed by atoms with E-state index < -0.39 is 0 Å². The Morgan fingerprint density at radius 2 is 1.93 bits per heavy atom. The number of aromatic nitrogens is 1. The van der Waals surface area contributed by atoms with Gasteiger partial charge in [-0.25, -0.2) is 0 Å². The van der Waals surface area contributed by atoms with Crippen LogP contribution in [0.2, 0.25) is 0 Å². The fraction of sp³-hybridized carbons (Fsp3) is 0.318. The van der Waals surface area contributed by atoms with Crippen molar-refractivity contribution in [3.63, 3.8) is 0 Å². The summed E-state index contributed by atoms with van der Waals surface area (Å²) in [5.41, 5.74) is 5.11. The second kappa shape index (κ2) is 6.99. The molecule has 0 spiro atoms. The molecule has 0 saturated carbocycles. The fourth-order valence-corrected chi connectivity index (χ4v) is 3.85. The normalized spacial score (nSPS) is 16.0. The number of fused-ring (bicyclic) bond motifs is 3. The van der Waals surface area contributed by atoms with E-state index in [4.69, 9.17) is 9.47 Å². The molecule has 1 aromatic heterocycles. The molecule has 27 heavy (non-hydrogen) atoms. The highest BCUT2D eigenvalue weighted by atomic mass is 16.5. The Labute approximate surface area is 158 Å². The Balaban J connectivity index is 1.62. The van der Waals surface area contributed by atoms with Crippen molar-refractivity contribution in [2.45, 2.75) is 26.2 Å². The van der Waals surface area contributed by atoms with Crippen molar-refractivity contribution in [2.24, 2.45) is 5.92 Å². The molecule has 1 aliphatic rings. The molecule has 140 valence electrons. The first-order valence-electron chi connectivity index (χ1n) is 9.26. The SMILES string of the molecule is COc1ccc(NC(=O)c2ccc3[nH]c4c(c3c2)CC(C)CC4)cc1OC. The third-order valence-corrected chi connectivity index (χ3v) is 5.34. The number of nitrogens with one attached hydrogen (secondary N) is 2. The Morgan fingerprint density at radius 3 is 2.70 bits per heavy atom. The largest absolute Gasteiger partial charge is 0.493 e. The van der Waals surface area contributed by atoms with Gasteiger partial charge in [-0.2, -0.15) is 0 Å². The number of aryl methyl sites for hydroxylation is 1. The van der Waals surface area contributed by atoms with Gasteiger partial charge in [0, 0.05) is 33.9 Å². The highest BCUT2D eigenvalue weighted by Gasteiger charge is 2.20. The summed E-state index contributed by atoms with van der Waals surface area (Å²) < 4.78 is 10.5. The molecule has 1 atom stereocenters. The van der Waals surface area contributed by atoms with E-state index in [2.05, 4.69) is 17.2 Å². The zero-order chi connectivity index (χ0) is 19.0. The maximum absolute atomic E-state index is 12.8. The molecule has 0 fully saturated rings. The van der Waals surface area contributed by atoms with E-state index in [1.54, 1.807) is 32.4 Å². The van der Waals surface area contributed by atoms with Crippen LogP contribution in [0.4, 0.5) is 5.69 Å².